The Bertz CT molecular complexity index is 610. The Balaban J connectivity index is 1.85. The fraction of sp³-hybridized carbons (Fsp3) is 0.333. The Hall–Kier alpha value is -2.00. The van der Waals surface area contributed by atoms with Gasteiger partial charge in [0, 0.05) is 12.0 Å². The topological polar surface area (TPSA) is 35.1 Å². The minimum Gasteiger partial charge on any atom is -0.493 e. The van der Waals surface area contributed by atoms with Crippen molar-refractivity contribution in [2.45, 2.75) is 26.0 Å². The summed E-state index contributed by atoms with van der Waals surface area (Å²) in [6, 6.07) is 15.0. The minimum absolute atomic E-state index is 0.485. The van der Waals surface area contributed by atoms with Gasteiger partial charge in [0.05, 0.1) is 13.7 Å². The Labute approximate surface area is 125 Å². The van der Waals surface area contributed by atoms with Crippen molar-refractivity contribution >= 4 is 0 Å². The lowest BCUT2D eigenvalue weighted by atomic mass is 9.94. The molecule has 1 atom stereocenters. The van der Waals surface area contributed by atoms with Crippen LogP contribution in [0.5, 0.6) is 11.5 Å². The first-order valence-electron chi connectivity index (χ1n) is 7.49. The lowest BCUT2D eigenvalue weighted by Gasteiger charge is -2.23. The lowest BCUT2D eigenvalue weighted by Crippen LogP contribution is -2.86. The minimum atomic E-state index is 0.485. The third-order valence-electron chi connectivity index (χ3n) is 4.09. The molecule has 3 nitrogen and oxygen atoms in total. The van der Waals surface area contributed by atoms with Gasteiger partial charge in [-0.1, -0.05) is 30.3 Å². The van der Waals surface area contributed by atoms with Crippen molar-refractivity contribution < 1.29 is 14.8 Å². The summed E-state index contributed by atoms with van der Waals surface area (Å²) < 4.78 is 11.5. The van der Waals surface area contributed by atoms with E-state index in [-0.39, 0.29) is 0 Å². The molecule has 0 spiro atoms. The Kier molecular flexibility index (Phi) is 4.11. The predicted octanol–water partition coefficient (Wildman–Crippen LogP) is 2.45. The van der Waals surface area contributed by atoms with Crippen LogP contribution in [0.2, 0.25) is 0 Å². The van der Waals surface area contributed by atoms with Crippen LogP contribution in [0.15, 0.2) is 42.5 Å². The highest BCUT2D eigenvalue weighted by atomic mass is 16.5. The number of ether oxygens (including phenoxy) is 2. The summed E-state index contributed by atoms with van der Waals surface area (Å²) in [5.74, 6) is 1.67. The zero-order valence-corrected chi connectivity index (χ0v) is 12.6. The molecule has 0 unspecified atom stereocenters. The van der Waals surface area contributed by atoms with Crippen molar-refractivity contribution in [1.29, 1.82) is 0 Å². The van der Waals surface area contributed by atoms with Crippen LogP contribution < -0.4 is 14.8 Å². The van der Waals surface area contributed by atoms with Crippen molar-refractivity contribution in [2.75, 3.05) is 13.7 Å². The van der Waals surface area contributed by atoms with Crippen LogP contribution in [0.25, 0.3) is 0 Å². The summed E-state index contributed by atoms with van der Waals surface area (Å²) in [7, 11) is 1.70. The molecule has 1 heterocycles. The number of methoxy groups -OCH3 is 1. The second kappa shape index (κ2) is 6.19. The van der Waals surface area contributed by atoms with Gasteiger partial charge >= 0.3 is 0 Å². The summed E-state index contributed by atoms with van der Waals surface area (Å²) in [5, 5.41) is 2.37. The smallest absolute Gasteiger partial charge is 0.162 e. The summed E-state index contributed by atoms with van der Waals surface area (Å²) in [4.78, 5) is 0. The molecule has 0 saturated carbocycles. The lowest BCUT2D eigenvalue weighted by molar-refractivity contribution is -0.695. The van der Waals surface area contributed by atoms with E-state index >= 15 is 0 Å². The SMILES string of the molecule is COc1cc2c(cc1OCc1ccccc1)[C@H](C)[NH2+]CC2. The molecule has 0 saturated heterocycles. The first kappa shape index (κ1) is 14.0. The number of hydrogen-bond acceptors (Lipinski definition) is 2. The molecule has 2 N–H and O–H groups in total. The van der Waals surface area contributed by atoms with E-state index in [4.69, 9.17) is 9.47 Å². The van der Waals surface area contributed by atoms with Crippen molar-refractivity contribution in [1.82, 2.24) is 0 Å². The molecule has 0 aliphatic carbocycles. The van der Waals surface area contributed by atoms with Gasteiger partial charge in [-0.3, -0.25) is 0 Å². The third kappa shape index (κ3) is 3.03. The van der Waals surface area contributed by atoms with E-state index in [1.807, 2.05) is 18.2 Å². The number of fused-ring (bicyclic) bond motifs is 1. The van der Waals surface area contributed by atoms with Crippen LogP contribution >= 0.6 is 0 Å². The van der Waals surface area contributed by atoms with Crippen molar-refractivity contribution in [2.24, 2.45) is 0 Å². The average Bonchev–Trinajstić information content (AvgIpc) is 2.53. The van der Waals surface area contributed by atoms with Crippen molar-refractivity contribution in [3.63, 3.8) is 0 Å². The van der Waals surface area contributed by atoms with Crippen molar-refractivity contribution in [3.05, 3.63) is 59.2 Å². The number of benzene rings is 2. The van der Waals surface area contributed by atoms with Crippen LogP contribution in [0.3, 0.4) is 0 Å². The molecule has 0 aromatic heterocycles. The van der Waals surface area contributed by atoms with Crippen LogP contribution in [0.4, 0.5) is 0 Å². The molecule has 0 bridgehead atoms. The highest BCUT2D eigenvalue weighted by Gasteiger charge is 2.22. The molecular weight excluding hydrogens is 262 g/mol. The van der Waals surface area contributed by atoms with E-state index in [0.717, 1.165) is 30.0 Å². The van der Waals surface area contributed by atoms with E-state index in [9.17, 15) is 0 Å². The molecule has 3 heteroatoms. The van der Waals surface area contributed by atoms with Crippen LogP contribution in [0, 0.1) is 0 Å². The molecule has 1 aliphatic heterocycles. The van der Waals surface area contributed by atoms with Gasteiger partial charge in [0.2, 0.25) is 0 Å². The van der Waals surface area contributed by atoms with Gasteiger partial charge in [-0.2, -0.15) is 0 Å². The van der Waals surface area contributed by atoms with Crippen molar-refractivity contribution in [3.8, 4) is 11.5 Å². The van der Waals surface area contributed by atoms with Gasteiger partial charge in [-0.05, 0) is 30.2 Å². The highest BCUT2D eigenvalue weighted by Crippen LogP contribution is 2.34. The molecule has 110 valence electrons. The Morgan fingerprint density at radius 3 is 2.71 bits per heavy atom. The number of quaternary nitrogens is 1. The largest absolute Gasteiger partial charge is 0.493 e. The quantitative estimate of drug-likeness (QED) is 0.936. The van der Waals surface area contributed by atoms with Gasteiger partial charge in [0.1, 0.15) is 12.6 Å². The summed E-state index contributed by atoms with van der Waals surface area (Å²) in [5.41, 5.74) is 3.91. The van der Waals surface area contributed by atoms with E-state index in [1.54, 1.807) is 7.11 Å². The molecule has 3 rings (SSSR count). The highest BCUT2D eigenvalue weighted by molar-refractivity contribution is 5.48. The van der Waals surface area contributed by atoms with Gasteiger partial charge < -0.3 is 14.8 Å². The Morgan fingerprint density at radius 2 is 1.95 bits per heavy atom. The Morgan fingerprint density at radius 1 is 1.14 bits per heavy atom. The molecule has 21 heavy (non-hydrogen) atoms. The molecule has 0 fully saturated rings. The fourth-order valence-electron chi connectivity index (χ4n) is 2.88. The number of nitrogens with two attached hydrogens (primary N) is 1. The number of rotatable bonds is 4. The van der Waals surface area contributed by atoms with Crippen LogP contribution in [-0.2, 0) is 13.0 Å². The van der Waals surface area contributed by atoms with Gasteiger partial charge in [-0.15, -0.1) is 0 Å². The predicted molar refractivity (Wildman–Crippen MR) is 82.7 cm³/mol. The van der Waals surface area contributed by atoms with E-state index in [1.165, 1.54) is 11.1 Å². The summed E-state index contributed by atoms with van der Waals surface area (Å²) in [6.07, 6.45) is 1.09. The normalized spacial score (nSPS) is 17.1. The monoisotopic (exact) mass is 284 g/mol. The second-order valence-electron chi connectivity index (χ2n) is 5.54. The average molecular weight is 284 g/mol. The molecule has 1 aliphatic rings. The maximum atomic E-state index is 5.99. The summed E-state index contributed by atoms with van der Waals surface area (Å²) >= 11 is 0. The van der Waals surface area contributed by atoms with E-state index < -0.39 is 0 Å². The van der Waals surface area contributed by atoms with E-state index in [2.05, 4.69) is 36.5 Å². The van der Waals surface area contributed by atoms with Crippen LogP contribution in [-0.4, -0.2) is 13.7 Å². The first-order chi connectivity index (χ1) is 10.3. The van der Waals surface area contributed by atoms with Crippen LogP contribution in [0.1, 0.15) is 29.7 Å². The van der Waals surface area contributed by atoms with Gasteiger partial charge in [-0.25, -0.2) is 0 Å². The molecule has 2 aromatic carbocycles. The first-order valence-corrected chi connectivity index (χ1v) is 7.49. The van der Waals surface area contributed by atoms with Gasteiger partial charge in [0.15, 0.2) is 11.5 Å². The number of hydrogen-bond donors (Lipinski definition) is 1. The molecule has 0 radical (unpaired) electrons. The molecule has 0 amide bonds. The third-order valence-corrected chi connectivity index (χ3v) is 4.09. The molecular formula is C18H22NO2+. The second-order valence-corrected chi connectivity index (χ2v) is 5.54. The van der Waals surface area contributed by atoms with E-state index in [0.29, 0.717) is 12.6 Å². The standard InChI is InChI=1S/C18H21NO2/c1-13-16-11-18(21-12-14-6-4-3-5-7-14)17(20-2)10-15(16)8-9-19-13/h3-7,10-11,13,19H,8-9,12H2,1-2H3/p+1/t13-/m0/s1. The zero-order valence-electron chi connectivity index (χ0n) is 12.6. The fourth-order valence-corrected chi connectivity index (χ4v) is 2.88. The maximum Gasteiger partial charge on any atom is 0.162 e. The molecule has 2 aromatic rings. The summed E-state index contributed by atoms with van der Waals surface area (Å²) in [6.45, 7) is 3.95. The zero-order chi connectivity index (χ0) is 14.7. The van der Waals surface area contributed by atoms with Gasteiger partial charge in [0.25, 0.3) is 0 Å². The maximum absolute atomic E-state index is 5.99.